The van der Waals surface area contributed by atoms with Crippen LogP contribution in [0.25, 0.3) is 0 Å². The Balaban J connectivity index is 1.73. The Morgan fingerprint density at radius 1 is 1.00 bits per heavy atom. The molecule has 0 aliphatic rings. The number of amides is 1. The van der Waals surface area contributed by atoms with Crippen LogP contribution in [0.5, 0.6) is 0 Å². The summed E-state index contributed by atoms with van der Waals surface area (Å²) in [7, 11) is -0.387. The van der Waals surface area contributed by atoms with Crippen molar-refractivity contribution < 1.29 is 22.0 Å². The largest absolute Gasteiger partial charge is 0.350 e. The zero-order chi connectivity index (χ0) is 24.2. The highest BCUT2D eigenvalue weighted by molar-refractivity contribution is 7.92. The Hall–Kier alpha value is -3.30. The number of anilines is 1. The molecule has 1 unspecified atom stereocenters. The summed E-state index contributed by atoms with van der Waals surface area (Å²) in [6.07, 6.45) is 0. The van der Waals surface area contributed by atoms with Crippen molar-refractivity contribution in [2.75, 3.05) is 25.4 Å². The van der Waals surface area contributed by atoms with E-state index in [9.17, 15) is 22.0 Å². The zero-order valence-corrected chi connectivity index (χ0v) is 19.3. The predicted octanol–water partition coefficient (Wildman–Crippen LogP) is 4.11. The first-order valence-electron chi connectivity index (χ1n) is 10.2. The van der Waals surface area contributed by atoms with Crippen molar-refractivity contribution in [3.05, 3.63) is 95.1 Å². The molecule has 0 heterocycles. The van der Waals surface area contributed by atoms with Crippen molar-refractivity contribution in [3.63, 3.8) is 0 Å². The minimum atomic E-state index is -4.04. The lowest BCUT2D eigenvalue weighted by atomic mass is 10.1. The lowest BCUT2D eigenvalue weighted by Gasteiger charge is -2.25. The Labute approximate surface area is 192 Å². The first-order chi connectivity index (χ1) is 15.6. The van der Waals surface area contributed by atoms with Gasteiger partial charge in [0.25, 0.3) is 15.9 Å². The van der Waals surface area contributed by atoms with Crippen molar-refractivity contribution in [1.82, 2.24) is 10.2 Å². The Morgan fingerprint density at radius 3 is 2.39 bits per heavy atom. The standard InChI is InChI=1S/C24H25F2N3O3S/c1-16-10-11-21(14-22(16)26)33(31,32)28-20-9-5-7-18(13-20)24(30)27-15-23(29(2)3)17-6-4-8-19(25)12-17/h4-14,23,28H,15H2,1-3H3,(H,27,30). The molecule has 3 aromatic rings. The summed E-state index contributed by atoms with van der Waals surface area (Å²) < 4.78 is 55.0. The Kier molecular flexibility index (Phi) is 7.45. The van der Waals surface area contributed by atoms with Crippen LogP contribution in [0.15, 0.2) is 71.6 Å². The third-order valence-corrected chi connectivity index (χ3v) is 6.52. The molecule has 0 bridgehead atoms. The van der Waals surface area contributed by atoms with Gasteiger partial charge in [0.05, 0.1) is 10.9 Å². The van der Waals surface area contributed by atoms with Crippen LogP contribution in [-0.4, -0.2) is 39.9 Å². The summed E-state index contributed by atoms with van der Waals surface area (Å²) in [6, 6.07) is 15.5. The van der Waals surface area contributed by atoms with Crippen LogP contribution in [0.3, 0.4) is 0 Å². The van der Waals surface area contributed by atoms with Gasteiger partial charge in [0.2, 0.25) is 0 Å². The number of sulfonamides is 1. The molecule has 0 saturated heterocycles. The number of halogens is 2. The maximum absolute atomic E-state index is 13.8. The number of carbonyl (C=O) groups excluding carboxylic acids is 1. The number of benzene rings is 3. The van der Waals surface area contributed by atoms with E-state index in [1.807, 2.05) is 19.0 Å². The average Bonchev–Trinajstić information content (AvgIpc) is 2.75. The molecular formula is C24H25F2N3O3S. The molecule has 0 aromatic heterocycles. The van der Waals surface area contributed by atoms with Gasteiger partial charge in [-0.05, 0) is 74.6 Å². The average molecular weight is 474 g/mol. The number of aryl methyl sites for hydroxylation is 1. The summed E-state index contributed by atoms with van der Waals surface area (Å²) in [5, 5.41) is 2.80. The van der Waals surface area contributed by atoms with Crippen molar-refractivity contribution in [3.8, 4) is 0 Å². The van der Waals surface area contributed by atoms with Gasteiger partial charge in [-0.3, -0.25) is 9.52 Å². The van der Waals surface area contributed by atoms with Crippen LogP contribution in [0.2, 0.25) is 0 Å². The number of hydrogen-bond donors (Lipinski definition) is 2. The van der Waals surface area contributed by atoms with E-state index >= 15 is 0 Å². The third-order valence-electron chi connectivity index (χ3n) is 5.14. The van der Waals surface area contributed by atoms with Crippen LogP contribution < -0.4 is 10.0 Å². The number of nitrogens with one attached hydrogen (secondary N) is 2. The topological polar surface area (TPSA) is 78.5 Å². The molecule has 33 heavy (non-hydrogen) atoms. The molecule has 0 radical (unpaired) electrons. The summed E-state index contributed by atoms with van der Waals surface area (Å²) in [4.78, 5) is 14.4. The van der Waals surface area contributed by atoms with Crippen LogP contribution in [0.1, 0.15) is 27.5 Å². The van der Waals surface area contributed by atoms with Gasteiger partial charge in [0.15, 0.2) is 0 Å². The first kappa shape index (κ1) is 24.3. The van der Waals surface area contributed by atoms with Gasteiger partial charge < -0.3 is 10.2 Å². The maximum atomic E-state index is 13.8. The normalized spacial score (nSPS) is 12.4. The lowest BCUT2D eigenvalue weighted by Crippen LogP contribution is -2.34. The molecule has 0 fully saturated rings. The van der Waals surface area contributed by atoms with Crippen LogP contribution in [-0.2, 0) is 10.0 Å². The molecule has 9 heteroatoms. The number of carbonyl (C=O) groups is 1. The number of likely N-dealkylation sites (N-methyl/N-ethyl adjacent to an activating group) is 1. The molecule has 1 atom stereocenters. The second-order valence-electron chi connectivity index (χ2n) is 7.84. The van der Waals surface area contributed by atoms with Crippen LogP contribution in [0, 0.1) is 18.6 Å². The highest BCUT2D eigenvalue weighted by atomic mass is 32.2. The molecule has 1 amide bonds. The quantitative estimate of drug-likeness (QED) is 0.516. The highest BCUT2D eigenvalue weighted by Gasteiger charge is 2.19. The highest BCUT2D eigenvalue weighted by Crippen LogP contribution is 2.21. The Bertz CT molecular complexity index is 1260. The van der Waals surface area contributed by atoms with Crippen LogP contribution >= 0.6 is 0 Å². The molecular weight excluding hydrogens is 448 g/mol. The van der Waals surface area contributed by atoms with Crippen molar-refractivity contribution in [1.29, 1.82) is 0 Å². The summed E-state index contributed by atoms with van der Waals surface area (Å²) >= 11 is 0. The smallest absolute Gasteiger partial charge is 0.261 e. The lowest BCUT2D eigenvalue weighted by molar-refractivity contribution is 0.0942. The Morgan fingerprint density at radius 2 is 1.73 bits per heavy atom. The van der Waals surface area contributed by atoms with E-state index in [1.54, 1.807) is 24.3 Å². The predicted molar refractivity (Wildman–Crippen MR) is 124 cm³/mol. The monoisotopic (exact) mass is 473 g/mol. The minimum Gasteiger partial charge on any atom is -0.350 e. The van der Waals surface area contributed by atoms with Gasteiger partial charge in [-0.15, -0.1) is 0 Å². The van der Waals surface area contributed by atoms with E-state index in [2.05, 4.69) is 10.0 Å². The molecule has 0 aliphatic heterocycles. The van der Waals surface area contributed by atoms with Gasteiger partial charge in [-0.1, -0.05) is 24.3 Å². The zero-order valence-electron chi connectivity index (χ0n) is 18.5. The van der Waals surface area contributed by atoms with Gasteiger partial charge in [-0.25, -0.2) is 17.2 Å². The van der Waals surface area contributed by atoms with E-state index in [0.717, 1.165) is 6.07 Å². The second kappa shape index (κ2) is 10.1. The number of rotatable bonds is 8. The van der Waals surface area contributed by atoms with E-state index < -0.39 is 21.7 Å². The molecule has 174 valence electrons. The van der Waals surface area contributed by atoms with E-state index in [4.69, 9.17) is 0 Å². The molecule has 0 aliphatic carbocycles. The summed E-state index contributed by atoms with van der Waals surface area (Å²) in [6.45, 7) is 1.75. The number of nitrogens with zero attached hydrogens (tertiary/aromatic N) is 1. The van der Waals surface area contributed by atoms with Gasteiger partial charge >= 0.3 is 0 Å². The SMILES string of the molecule is Cc1ccc(S(=O)(=O)Nc2cccc(C(=O)NCC(c3cccc(F)c3)N(C)C)c2)cc1F. The van der Waals surface area contributed by atoms with Crippen molar-refractivity contribution in [2.24, 2.45) is 0 Å². The maximum Gasteiger partial charge on any atom is 0.261 e. The van der Waals surface area contributed by atoms with Crippen molar-refractivity contribution >= 4 is 21.6 Å². The van der Waals surface area contributed by atoms with Crippen LogP contribution in [0.4, 0.5) is 14.5 Å². The molecule has 3 aromatic carbocycles. The van der Waals surface area contributed by atoms with Gasteiger partial charge in [-0.2, -0.15) is 0 Å². The summed E-state index contributed by atoms with van der Waals surface area (Å²) in [5.74, 6) is -1.40. The fraction of sp³-hybridized carbons (Fsp3) is 0.208. The summed E-state index contributed by atoms with van der Waals surface area (Å²) in [5.41, 5.74) is 1.45. The van der Waals surface area contributed by atoms with E-state index in [1.165, 1.54) is 43.3 Å². The molecule has 2 N–H and O–H groups in total. The molecule has 0 saturated carbocycles. The number of hydrogen-bond acceptors (Lipinski definition) is 4. The molecule has 6 nitrogen and oxygen atoms in total. The fourth-order valence-corrected chi connectivity index (χ4v) is 4.34. The fourth-order valence-electron chi connectivity index (χ4n) is 3.28. The van der Waals surface area contributed by atoms with Gasteiger partial charge in [0, 0.05) is 17.8 Å². The van der Waals surface area contributed by atoms with E-state index in [-0.39, 0.29) is 34.6 Å². The molecule has 0 spiro atoms. The van der Waals surface area contributed by atoms with Crippen molar-refractivity contribution in [2.45, 2.75) is 17.9 Å². The van der Waals surface area contributed by atoms with Gasteiger partial charge in [0.1, 0.15) is 11.6 Å². The van der Waals surface area contributed by atoms with E-state index in [0.29, 0.717) is 11.1 Å². The molecule has 3 rings (SSSR count). The second-order valence-corrected chi connectivity index (χ2v) is 9.52. The first-order valence-corrected chi connectivity index (χ1v) is 11.6. The minimum absolute atomic E-state index is 0.165. The third kappa shape index (κ3) is 6.15.